The lowest BCUT2D eigenvalue weighted by Gasteiger charge is -2.05. The van der Waals surface area contributed by atoms with Crippen molar-refractivity contribution in [1.29, 1.82) is 0 Å². The summed E-state index contributed by atoms with van der Waals surface area (Å²) >= 11 is 5.69. The standard InChI is InChI=1S/C13H16ClFO2/c1-2-3-4-5-8-17-13(16)11-9-10(14)6-7-12(11)15/h6-7,9H,2-5,8H2,1H3. The number of esters is 1. The van der Waals surface area contributed by atoms with Gasteiger partial charge in [-0.25, -0.2) is 9.18 Å². The fraction of sp³-hybridized carbons (Fsp3) is 0.462. The molecule has 0 aliphatic heterocycles. The maximum Gasteiger partial charge on any atom is 0.341 e. The third kappa shape index (κ3) is 4.73. The van der Waals surface area contributed by atoms with Crippen molar-refractivity contribution < 1.29 is 13.9 Å². The van der Waals surface area contributed by atoms with Gasteiger partial charge in [0, 0.05) is 5.02 Å². The van der Waals surface area contributed by atoms with E-state index in [4.69, 9.17) is 16.3 Å². The Balaban J connectivity index is 2.44. The maximum absolute atomic E-state index is 13.3. The Morgan fingerprint density at radius 2 is 2.12 bits per heavy atom. The van der Waals surface area contributed by atoms with E-state index in [1.54, 1.807) is 0 Å². The van der Waals surface area contributed by atoms with Crippen LogP contribution in [0.5, 0.6) is 0 Å². The van der Waals surface area contributed by atoms with Crippen LogP contribution >= 0.6 is 11.6 Å². The Kier molecular flexibility index (Phi) is 5.98. The van der Waals surface area contributed by atoms with E-state index in [1.807, 2.05) is 0 Å². The third-order valence-corrected chi connectivity index (χ3v) is 2.61. The van der Waals surface area contributed by atoms with Crippen molar-refractivity contribution in [2.75, 3.05) is 6.61 Å². The van der Waals surface area contributed by atoms with Crippen molar-refractivity contribution in [1.82, 2.24) is 0 Å². The molecule has 4 heteroatoms. The second-order valence-corrected chi connectivity index (χ2v) is 4.26. The molecule has 1 aromatic carbocycles. The molecular formula is C13H16ClFO2. The predicted molar refractivity (Wildman–Crippen MR) is 65.8 cm³/mol. The molecule has 0 heterocycles. The van der Waals surface area contributed by atoms with Crippen LogP contribution in [0.15, 0.2) is 18.2 Å². The lowest BCUT2D eigenvalue weighted by atomic mass is 10.2. The molecule has 0 saturated carbocycles. The number of benzene rings is 1. The fourth-order valence-electron chi connectivity index (χ4n) is 1.43. The smallest absolute Gasteiger partial charge is 0.341 e. The second-order valence-electron chi connectivity index (χ2n) is 3.82. The Bertz CT molecular complexity index is 380. The molecule has 1 rings (SSSR count). The number of rotatable bonds is 6. The molecule has 0 atom stereocenters. The summed E-state index contributed by atoms with van der Waals surface area (Å²) in [4.78, 5) is 11.5. The van der Waals surface area contributed by atoms with Crippen LogP contribution in [0, 0.1) is 5.82 Å². The minimum absolute atomic E-state index is 0.104. The molecule has 0 aromatic heterocycles. The first-order chi connectivity index (χ1) is 8.15. The van der Waals surface area contributed by atoms with Gasteiger partial charge in [0.1, 0.15) is 5.82 Å². The van der Waals surface area contributed by atoms with Crippen LogP contribution in [0.1, 0.15) is 43.0 Å². The van der Waals surface area contributed by atoms with Crippen LogP contribution in [-0.2, 0) is 4.74 Å². The Morgan fingerprint density at radius 3 is 2.82 bits per heavy atom. The molecule has 0 bridgehead atoms. The van der Waals surface area contributed by atoms with Crippen LogP contribution in [-0.4, -0.2) is 12.6 Å². The Hall–Kier alpha value is -1.09. The first-order valence-electron chi connectivity index (χ1n) is 5.77. The summed E-state index contributed by atoms with van der Waals surface area (Å²) in [6, 6.07) is 3.84. The largest absolute Gasteiger partial charge is 0.462 e. The zero-order valence-electron chi connectivity index (χ0n) is 9.84. The monoisotopic (exact) mass is 258 g/mol. The number of halogens is 2. The van der Waals surface area contributed by atoms with Crippen LogP contribution in [0.3, 0.4) is 0 Å². The van der Waals surface area contributed by atoms with E-state index in [0.29, 0.717) is 11.6 Å². The SMILES string of the molecule is CCCCCCOC(=O)c1cc(Cl)ccc1F. The first-order valence-corrected chi connectivity index (χ1v) is 6.15. The van der Waals surface area contributed by atoms with Crippen molar-refractivity contribution in [3.05, 3.63) is 34.6 Å². The molecule has 17 heavy (non-hydrogen) atoms. The molecule has 94 valence electrons. The van der Waals surface area contributed by atoms with Crippen LogP contribution in [0.25, 0.3) is 0 Å². The molecule has 0 unspecified atom stereocenters. The van der Waals surface area contributed by atoms with Crippen LogP contribution < -0.4 is 0 Å². The van der Waals surface area contributed by atoms with E-state index >= 15 is 0 Å². The molecule has 0 spiro atoms. The second kappa shape index (κ2) is 7.28. The summed E-state index contributed by atoms with van der Waals surface area (Å²) < 4.78 is 18.3. The Labute approximate surface area is 106 Å². The normalized spacial score (nSPS) is 10.3. The van der Waals surface area contributed by atoms with E-state index in [0.717, 1.165) is 31.7 Å². The molecule has 0 aliphatic carbocycles. The minimum atomic E-state index is -0.651. The summed E-state index contributed by atoms with van der Waals surface area (Å²) in [5.41, 5.74) is -0.104. The summed E-state index contributed by atoms with van der Waals surface area (Å²) in [6.45, 7) is 2.43. The van der Waals surface area contributed by atoms with Crippen molar-refractivity contribution in [2.24, 2.45) is 0 Å². The van der Waals surface area contributed by atoms with Gasteiger partial charge in [-0.3, -0.25) is 0 Å². The molecule has 0 N–H and O–H groups in total. The quantitative estimate of drug-likeness (QED) is 0.564. The fourth-order valence-corrected chi connectivity index (χ4v) is 1.60. The van der Waals surface area contributed by atoms with Crippen molar-refractivity contribution in [3.8, 4) is 0 Å². The lowest BCUT2D eigenvalue weighted by Crippen LogP contribution is -2.08. The van der Waals surface area contributed by atoms with E-state index in [-0.39, 0.29) is 5.56 Å². The van der Waals surface area contributed by atoms with Gasteiger partial charge in [0.25, 0.3) is 0 Å². The summed E-state index contributed by atoms with van der Waals surface area (Å²) in [5, 5.41) is 0.323. The number of carbonyl (C=O) groups excluding carboxylic acids is 1. The zero-order chi connectivity index (χ0) is 12.7. The van der Waals surface area contributed by atoms with E-state index in [1.165, 1.54) is 12.1 Å². The van der Waals surface area contributed by atoms with Gasteiger partial charge in [-0.2, -0.15) is 0 Å². The molecule has 1 aromatic rings. The summed E-state index contributed by atoms with van der Waals surface area (Å²) in [7, 11) is 0. The highest BCUT2D eigenvalue weighted by molar-refractivity contribution is 6.30. The van der Waals surface area contributed by atoms with Gasteiger partial charge < -0.3 is 4.74 Å². The number of hydrogen-bond donors (Lipinski definition) is 0. The van der Waals surface area contributed by atoms with Crippen molar-refractivity contribution >= 4 is 17.6 Å². The molecule has 2 nitrogen and oxygen atoms in total. The highest BCUT2D eigenvalue weighted by atomic mass is 35.5. The van der Waals surface area contributed by atoms with Gasteiger partial charge in [-0.1, -0.05) is 37.8 Å². The van der Waals surface area contributed by atoms with Gasteiger partial charge in [-0.15, -0.1) is 0 Å². The van der Waals surface area contributed by atoms with Crippen LogP contribution in [0.4, 0.5) is 4.39 Å². The highest BCUT2D eigenvalue weighted by Gasteiger charge is 2.13. The minimum Gasteiger partial charge on any atom is -0.462 e. The number of carbonyl (C=O) groups is 1. The molecule has 0 fully saturated rings. The average Bonchev–Trinajstić information content (AvgIpc) is 2.32. The van der Waals surface area contributed by atoms with Gasteiger partial charge in [0.05, 0.1) is 12.2 Å². The van der Waals surface area contributed by atoms with E-state index < -0.39 is 11.8 Å². The van der Waals surface area contributed by atoms with E-state index in [2.05, 4.69) is 6.92 Å². The zero-order valence-corrected chi connectivity index (χ0v) is 10.6. The number of ether oxygens (including phenoxy) is 1. The highest BCUT2D eigenvalue weighted by Crippen LogP contribution is 2.16. The molecule has 0 aliphatic rings. The van der Waals surface area contributed by atoms with Crippen molar-refractivity contribution in [3.63, 3.8) is 0 Å². The van der Waals surface area contributed by atoms with Gasteiger partial charge in [0.2, 0.25) is 0 Å². The predicted octanol–water partition coefficient (Wildman–Crippen LogP) is 4.22. The summed E-state index contributed by atoms with van der Waals surface area (Å²) in [5.74, 6) is -1.26. The van der Waals surface area contributed by atoms with Gasteiger partial charge in [0.15, 0.2) is 0 Å². The molecule has 0 amide bonds. The third-order valence-electron chi connectivity index (χ3n) is 2.38. The Morgan fingerprint density at radius 1 is 1.35 bits per heavy atom. The lowest BCUT2D eigenvalue weighted by molar-refractivity contribution is 0.0492. The van der Waals surface area contributed by atoms with E-state index in [9.17, 15) is 9.18 Å². The van der Waals surface area contributed by atoms with Gasteiger partial charge in [-0.05, 0) is 24.6 Å². The van der Waals surface area contributed by atoms with Gasteiger partial charge >= 0.3 is 5.97 Å². The topological polar surface area (TPSA) is 26.3 Å². The molecular weight excluding hydrogens is 243 g/mol. The molecule has 0 saturated heterocycles. The first kappa shape index (κ1) is 14.0. The van der Waals surface area contributed by atoms with Crippen LogP contribution in [0.2, 0.25) is 5.02 Å². The number of unbranched alkanes of at least 4 members (excludes halogenated alkanes) is 3. The average molecular weight is 259 g/mol. The molecule has 0 radical (unpaired) electrons. The maximum atomic E-state index is 13.3. The summed E-state index contributed by atoms with van der Waals surface area (Å²) in [6.07, 6.45) is 4.06. The van der Waals surface area contributed by atoms with Crippen molar-refractivity contribution in [2.45, 2.75) is 32.6 Å². The number of hydrogen-bond acceptors (Lipinski definition) is 2.